The van der Waals surface area contributed by atoms with Crippen molar-refractivity contribution in [1.29, 1.82) is 0 Å². The number of ether oxygens (including phenoxy) is 1. The van der Waals surface area contributed by atoms with Gasteiger partial charge in [0, 0.05) is 37.3 Å². The Balaban J connectivity index is 1.41. The highest BCUT2D eigenvalue weighted by Gasteiger charge is 2.57. The molecule has 36 heavy (non-hydrogen) atoms. The first-order valence-electron chi connectivity index (χ1n) is 11.6. The number of anilines is 1. The maximum Gasteiger partial charge on any atom is 0.300 e. The molecule has 1 aromatic heterocycles. The standard InChI is InChI=1S/C25H25F3N2O5S/c1-14(2)15-4-5-20(34-13-16-12-25(16,27)28)23(8-15)36(32,33)29-24(31)22-11-18-19(26)9-17(10-21(18)35-22)30-6-3-7-30/h4-5,8-11,14,16H,3,6-7,12-13H2,1-2H3,(H,29,31). The number of alkyl halides is 2. The molecule has 0 spiro atoms. The summed E-state index contributed by atoms with van der Waals surface area (Å²) in [4.78, 5) is 14.4. The third kappa shape index (κ3) is 4.63. The molecule has 0 radical (unpaired) electrons. The van der Waals surface area contributed by atoms with Gasteiger partial charge in [0.05, 0.1) is 17.9 Å². The van der Waals surface area contributed by atoms with Gasteiger partial charge in [0.2, 0.25) is 0 Å². The molecule has 2 fully saturated rings. The molecular weight excluding hydrogens is 497 g/mol. The van der Waals surface area contributed by atoms with Gasteiger partial charge in [-0.05, 0) is 36.1 Å². The van der Waals surface area contributed by atoms with Gasteiger partial charge in [0.15, 0.2) is 5.76 Å². The summed E-state index contributed by atoms with van der Waals surface area (Å²) >= 11 is 0. The second kappa shape index (κ2) is 8.72. The molecule has 1 aliphatic heterocycles. The fourth-order valence-electron chi connectivity index (χ4n) is 4.03. The van der Waals surface area contributed by atoms with Crippen LogP contribution in [-0.4, -0.2) is 39.9 Å². The highest BCUT2D eigenvalue weighted by molar-refractivity contribution is 7.90. The molecule has 2 heterocycles. The molecule has 3 aromatic rings. The van der Waals surface area contributed by atoms with Crippen LogP contribution >= 0.6 is 0 Å². The molecule has 1 N–H and O–H groups in total. The van der Waals surface area contributed by atoms with E-state index in [9.17, 15) is 26.4 Å². The van der Waals surface area contributed by atoms with E-state index in [-0.39, 0.29) is 46.3 Å². The number of nitrogens with one attached hydrogen (secondary N) is 1. The number of hydrogen-bond donors (Lipinski definition) is 1. The lowest BCUT2D eigenvalue weighted by atomic mass is 10.0. The first-order valence-corrected chi connectivity index (χ1v) is 13.1. The second-order valence-corrected chi connectivity index (χ2v) is 11.2. The molecule has 7 nitrogen and oxygen atoms in total. The number of fused-ring (bicyclic) bond motifs is 1. The summed E-state index contributed by atoms with van der Waals surface area (Å²) in [6.07, 6.45) is 0.675. The van der Waals surface area contributed by atoms with Gasteiger partial charge in [-0.15, -0.1) is 0 Å². The Morgan fingerprint density at radius 2 is 1.94 bits per heavy atom. The van der Waals surface area contributed by atoms with Crippen LogP contribution in [0, 0.1) is 11.7 Å². The first-order chi connectivity index (χ1) is 16.9. The molecule has 2 aromatic carbocycles. The maximum absolute atomic E-state index is 14.6. The molecule has 1 aliphatic carbocycles. The summed E-state index contributed by atoms with van der Waals surface area (Å²) in [6, 6.07) is 8.48. The predicted molar refractivity (Wildman–Crippen MR) is 127 cm³/mol. The number of carbonyl (C=O) groups is 1. The fraction of sp³-hybridized carbons (Fsp3) is 0.400. The van der Waals surface area contributed by atoms with Crippen molar-refractivity contribution >= 4 is 32.6 Å². The highest BCUT2D eigenvalue weighted by Crippen LogP contribution is 2.48. The van der Waals surface area contributed by atoms with Crippen LogP contribution in [0.4, 0.5) is 18.9 Å². The minimum Gasteiger partial charge on any atom is -0.492 e. The van der Waals surface area contributed by atoms with Crippen molar-refractivity contribution in [2.75, 3.05) is 24.6 Å². The largest absolute Gasteiger partial charge is 0.492 e. The lowest BCUT2D eigenvalue weighted by molar-refractivity contribution is 0.0852. The van der Waals surface area contributed by atoms with Crippen molar-refractivity contribution in [2.45, 2.75) is 43.4 Å². The summed E-state index contributed by atoms with van der Waals surface area (Å²) in [5.41, 5.74) is 1.39. The molecular formula is C25H25F3N2O5S. The van der Waals surface area contributed by atoms with Crippen LogP contribution in [0.5, 0.6) is 5.75 Å². The Morgan fingerprint density at radius 3 is 2.56 bits per heavy atom. The summed E-state index contributed by atoms with van der Waals surface area (Å²) < 4.78 is 80.4. The van der Waals surface area contributed by atoms with Crippen molar-refractivity contribution in [1.82, 2.24) is 4.72 Å². The minimum absolute atomic E-state index is 0.0459. The van der Waals surface area contributed by atoms with Crippen LogP contribution in [0.1, 0.15) is 48.7 Å². The zero-order chi connectivity index (χ0) is 25.8. The number of rotatable bonds is 8. The van der Waals surface area contributed by atoms with E-state index in [2.05, 4.69) is 0 Å². The summed E-state index contributed by atoms with van der Waals surface area (Å²) in [6.45, 7) is 4.93. The van der Waals surface area contributed by atoms with Gasteiger partial charge in [0.25, 0.3) is 15.9 Å². The van der Waals surface area contributed by atoms with E-state index >= 15 is 0 Å². The molecule has 1 unspecified atom stereocenters. The van der Waals surface area contributed by atoms with Crippen molar-refractivity contribution < 1.29 is 35.5 Å². The average Bonchev–Trinajstić information content (AvgIpc) is 3.15. The van der Waals surface area contributed by atoms with E-state index in [1.54, 1.807) is 12.1 Å². The molecule has 1 atom stereocenters. The zero-order valence-corrected chi connectivity index (χ0v) is 20.5. The van der Waals surface area contributed by atoms with E-state index < -0.39 is 33.6 Å². The lowest BCUT2D eigenvalue weighted by Crippen LogP contribution is -2.36. The normalized spacial score (nSPS) is 18.8. The summed E-state index contributed by atoms with van der Waals surface area (Å²) in [5, 5.41) is 0.0537. The maximum atomic E-state index is 14.6. The SMILES string of the molecule is CC(C)c1ccc(OCC2CC2(F)F)c(S(=O)(=O)NC(=O)c2cc3c(F)cc(N4CCC4)cc3o2)c1. The number of furan rings is 1. The number of benzene rings is 2. The van der Waals surface area contributed by atoms with Crippen LogP contribution < -0.4 is 14.4 Å². The smallest absolute Gasteiger partial charge is 0.300 e. The minimum atomic E-state index is -4.49. The molecule has 1 saturated carbocycles. The highest BCUT2D eigenvalue weighted by atomic mass is 32.2. The quantitative estimate of drug-likeness (QED) is 0.445. The predicted octanol–water partition coefficient (Wildman–Crippen LogP) is 5.06. The molecule has 2 aliphatic rings. The fourth-order valence-corrected chi connectivity index (χ4v) is 5.17. The zero-order valence-electron chi connectivity index (χ0n) is 19.7. The van der Waals surface area contributed by atoms with Gasteiger partial charge in [-0.2, -0.15) is 0 Å². The van der Waals surface area contributed by atoms with Crippen molar-refractivity contribution in [3.05, 3.63) is 53.5 Å². The monoisotopic (exact) mass is 522 g/mol. The molecule has 5 rings (SSSR count). The van der Waals surface area contributed by atoms with Gasteiger partial charge in [-0.25, -0.2) is 26.3 Å². The van der Waals surface area contributed by atoms with Gasteiger partial charge >= 0.3 is 5.91 Å². The van der Waals surface area contributed by atoms with Gasteiger partial charge < -0.3 is 14.1 Å². The molecule has 0 bridgehead atoms. The van der Waals surface area contributed by atoms with E-state index in [4.69, 9.17) is 9.15 Å². The van der Waals surface area contributed by atoms with Crippen molar-refractivity contribution in [3.8, 4) is 5.75 Å². The van der Waals surface area contributed by atoms with Crippen LogP contribution in [0.15, 0.2) is 45.7 Å². The third-order valence-electron chi connectivity index (χ3n) is 6.56. The Morgan fingerprint density at radius 1 is 1.22 bits per heavy atom. The molecule has 1 amide bonds. The Labute approximate surface area is 206 Å². The number of halogens is 3. The average molecular weight is 523 g/mol. The number of amides is 1. The first kappa shape index (κ1) is 24.5. The number of nitrogens with zero attached hydrogens (tertiary/aromatic N) is 1. The Bertz CT molecular complexity index is 1450. The Hall–Kier alpha value is -3.21. The van der Waals surface area contributed by atoms with Crippen molar-refractivity contribution in [3.63, 3.8) is 0 Å². The second-order valence-electron chi connectivity index (χ2n) is 9.56. The third-order valence-corrected chi connectivity index (χ3v) is 7.92. The number of hydrogen-bond acceptors (Lipinski definition) is 6. The van der Waals surface area contributed by atoms with Gasteiger partial charge in [-0.1, -0.05) is 19.9 Å². The summed E-state index contributed by atoms with van der Waals surface area (Å²) in [5.74, 6) is -6.06. The molecule has 11 heteroatoms. The van der Waals surface area contributed by atoms with Crippen LogP contribution in [0.25, 0.3) is 11.0 Å². The molecule has 1 saturated heterocycles. The van der Waals surface area contributed by atoms with Crippen molar-refractivity contribution in [2.24, 2.45) is 5.92 Å². The van der Waals surface area contributed by atoms with Gasteiger partial charge in [-0.3, -0.25) is 4.79 Å². The topological polar surface area (TPSA) is 88.8 Å². The van der Waals surface area contributed by atoms with Crippen LogP contribution in [0.2, 0.25) is 0 Å². The molecule has 192 valence electrons. The Kier molecular flexibility index (Phi) is 5.93. The summed E-state index contributed by atoms with van der Waals surface area (Å²) in [7, 11) is -4.49. The lowest BCUT2D eigenvalue weighted by Gasteiger charge is -2.33. The van der Waals surface area contributed by atoms with Gasteiger partial charge in [0.1, 0.15) is 22.0 Å². The van der Waals surface area contributed by atoms with Crippen LogP contribution in [0.3, 0.4) is 0 Å². The number of carbonyl (C=O) groups excluding carboxylic acids is 1. The van der Waals surface area contributed by atoms with E-state index in [1.807, 2.05) is 23.5 Å². The van der Waals surface area contributed by atoms with E-state index in [0.717, 1.165) is 25.6 Å². The van der Waals surface area contributed by atoms with Crippen LogP contribution in [-0.2, 0) is 10.0 Å². The van der Waals surface area contributed by atoms with E-state index in [1.165, 1.54) is 18.2 Å². The van der Waals surface area contributed by atoms with E-state index in [0.29, 0.717) is 11.3 Å². The number of sulfonamides is 1.